The molecule has 0 saturated carbocycles. The molecule has 86 valence electrons. The molecule has 1 nitrogen and oxygen atoms in total. The number of nitrogens with zero attached hydrogens (tertiary/aromatic N) is 1. The predicted octanol–water partition coefficient (Wildman–Crippen LogP) is 3.41. The lowest BCUT2D eigenvalue weighted by atomic mass is 10.6. The highest BCUT2D eigenvalue weighted by molar-refractivity contribution is 6.76. The Morgan fingerprint density at radius 3 is 1.93 bits per heavy atom. The van der Waals surface area contributed by atoms with Crippen molar-refractivity contribution in [3.8, 4) is 0 Å². The molecule has 0 aromatic heterocycles. The van der Waals surface area contributed by atoms with Crippen molar-refractivity contribution < 1.29 is 0 Å². The fourth-order valence-corrected chi connectivity index (χ4v) is 6.04. The highest BCUT2D eigenvalue weighted by Gasteiger charge is 2.15. The van der Waals surface area contributed by atoms with E-state index < -0.39 is 17.0 Å². The average Bonchev–Trinajstić information content (AvgIpc) is 2.04. The summed E-state index contributed by atoms with van der Waals surface area (Å²) in [6.45, 7) is 17.1. The molecule has 1 atom stereocenters. The van der Waals surface area contributed by atoms with Crippen LogP contribution in [0.15, 0.2) is 0 Å². The minimum atomic E-state index is -0.776. The smallest absolute Gasteiger partial charge is 0.108 e. The minimum absolute atomic E-state index is 0.551. The van der Waals surface area contributed by atoms with Gasteiger partial charge in [-0.05, 0) is 19.1 Å². The molecule has 0 amide bonds. The summed E-state index contributed by atoms with van der Waals surface area (Å²) >= 11 is 0. The first-order valence-electron chi connectivity index (χ1n) is 6.14. The predicted molar refractivity (Wildman–Crippen MR) is 73.5 cm³/mol. The van der Waals surface area contributed by atoms with Crippen LogP contribution in [0.5, 0.6) is 0 Å². The second kappa shape index (κ2) is 6.80. The van der Waals surface area contributed by atoms with Crippen molar-refractivity contribution in [2.75, 3.05) is 13.1 Å². The normalized spacial score (nSPS) is 14.8. The summed E-state index contributed by atoms with van der Waals surface area (Å²) in [6, 6.07) is 3.04. The average molecular weight is 232 g/mol. The van der Waals surface area contributed by atoms with Gasteiger partial charge in [-0.25, -0.2) is 0 Å². The van der Waals surface area contributed by atoms with Crippen LogP contribution in [0.3, 0.4) is 0 Å². The maximum atomic E-state index is 2.70. The van der Waals surface area contributed by atoms with Gasteiger partial charge in [0, 0.05) is 8.07 Å². The van der Waals surface area contributed by atoms with E-state index in [1.807, 2.05) is 0 Å². The molecule has 0 spiro atoms. The van der Waals surface area contributed by atoms with Crippen LogP contribution in [0, 0.1) is 0 Å². The van der Waals surface area contributed by atoms with Gasteiger partial charge >= 0.3 is 0 Å². The Morgan fingerprint density at radius 2 is 1.57 bits per heavy atom. The minimum Gasteiger partial charge on any atom is -0.327 e. The van der Waals surface area contributed by atoms with E-state index in [1.165, 1.54) is 31.6 Å². The SMILES string of the molecule is CCN(CC)[SiH](C)CCC[Si](C)(C)C. The highest BCUT2D eigenvalue weighted by Crippen LogP contribution is 2.15. The van der Waals surface area contributed by atoms with Crippen molar-refractivity contribution >= 4 is 17.0 Å². The molecule has 0 fully saturated rings. The maximum Gasteiger partial charge on any atom is 0.108 e. The number of hydrogen-bond donors (Lipinski definition) is 0. The lowest BCUT2D eigenvalue weighted by Gasteiger charge is -2.26. The summed E-state index contributed by atoms with van der Waals surface area (Å²) in [5.41, 5.74) is 0. The number of hydrogen-bond acceptors (Lipinski definition) is 1. The van der Waals surface area contributed by atoms with Crippen LogP contribution in [0.2, 0.25) is 38.3 Å². The Kier molecular flexibility index (Phi) is 6.99. The van der Waals surface area contributed by atoms with Gasteiger partial charge in [0.15, 0.2) is 0 Å². The van der Waals surface area contributed by atoms with Crippen LogP contribution >= 0.6 is 0 Å². The summed E-state index contributed by atoms with van der Waals surface area (Å²) in [5.74, 6) is 0. The first kappa shape index (κ1) is 14.4. The van der Waals surface area contributed by atoms with Crippen LogP contribution in [0.4, 0.5) is 0 Å². The Labute approximate surface area is 93.6 Å². The maximum absolute atomic E-state index is 2.70. The zero-order valence-corrected chi connectivity index (χ0v) is 13.2. The molecule has 0 saturated heterocycles. The lowest BCUT2D eigenvalue weighted by Crippen LogP contribution is -2.36. The van der Waals surface area contributed by atoms with Crippen molar-refractivity contribution in [1.29, 1.82) is 0 Å². The molecule has 0 rings (SSSR count). The molecule has 0 N–H and O–H groups in total. The van der Waals surface area contributed by atoms with Crippen molar-refractivity contribution in [3.05, 3.63) is 0 Å². The molecular formula is C11H29NSi2. The molecule has 0 radical (unpaired) electrons. The van der Waals surface area contributed by atoms with Crippen LogP contribution in [0.1, 0.15) is 20.3 Å². The molecule has 0 aliphatic rings. The Hall–Kier alpha value is 0.394. The van der Waals surface area contributed by atoms with E-state index in [2.05, 4.69) is 44.6 Å². The van der Waals surface area contributed by atoms with E-state index in [0.29, 0.717) is 0 Å². The molecule has 0 heterocycles. The fourth-order valence-electron chi connectivity index (χ4n) is 1.96. The third-order valence-corrected chi connectivity index (χ3v) is 8.06. The van der Waals surface area contributed by atoms with Gasteiger partial charge in [0.1, 0.15) is 8.96 Å². The van der Waals surface area contributed by atoms with Gasteiger partial charge in [0.05, 0.1) is 0 Å². The van der Waals surface area contributed by atoms with Gasteiger partial charge in [0.25, 0.3) is 0 Å². The third kappa shape index (κ3) is 6.79. The van der Waals surface area contributed by atoms with E-state index in [-0.39, 0.29) is 0 Å². The summed E-state index contributed by atoms with van der Waals surface area (Å²) in [7, 11) is -1.33. The lowest BCUT2D eigenvalue weighted by molar-refractivity contribution is 0.478. The first-order valence-corrected chi connectivity index (χ1v) is 12.3. The Balaban J connectivity index is 3.67. The molecular weight excluding hydrogens is 202 g/mol. The Bertz CT molecular complexity index is 139. The van der Waals surface area contributed by atoms with Gasteiger partial charge in [-0.15, -0.1) is 0 Å². The molecule has 14 heavy (non-hydrogen) atoms. The molecule has 0 bridgehead atoms. The van der Waals surface area contributed by atoms with Crippen LogP contribution in [0.25, 0.3) is 0 Å². The van der Waals surface area contributed by atoms with Gasteiger partial charge in [-0.3, -0.25) is 0 Å². The summed E-state index contributed by atoms with van der Waals surface area (Å²) < 4.78 is 2.70. The van der Waals surface area contributed by atoms with Crippen molar-refractivity contribution in [3.63, 3.8) is 0 Å². The summed E-state index contributed by atoms with van der Waals surface area (Å²) in [4.78, 5) is 0. The zero-order chi connectivity index (χ0) is 11.2. The molecule has 0 aromatic carbocycles. The molecule has 0 aromatic rings. The largest absolute Gasteiger partial charge is 0.327 e. The monoisotopic (exact) mass is 231 g/mol. The van der Waals surface area contributed by atoms with Crippen molar-refractivity contribution in [1.82, 2.24) is 4.57 Å². The fraction of sp³-hybridized carbons (Fsp3) is 1.00. The van der Waals surface area contributed by atoms with Gasteiger partial charge in [0.2, 0.25) is 0 Å². The highest BCUT2D eigenvalue weighted by atomic mass is 28.3. The first-order chi connectivity index (χ1) is 6.40. The molecule has 0 aliphatic carbocycles. The van der Waals surface area contributed by atoms with E-state index in [0.717, 1.165) is 0 Å². The van der Waals surface area contributed by atoms with Crippen molar-refractivity contribution in [2.45, 2.75) is 58.5 Å². The van der Waals surface area contributed by atoms with Crippen LogP contribution in [-0.2, 0) is 0 Å². The molecule has 3 heteroatoms. The second-order valence-electron chi connectivity index (χ2n) is 5.52. The van der Waals surface area contributed by atoms with E-state index in [9.17, 15) is 0 Å². The van der Waals surface area contributed by atoms with Gasteiger partial charge in [-0.1, -0.05) is 52.5 Å². The van der Waals surface area contributed by atoms with E-state index in [4.69, 9.17) is 0 Å². The quantitative estimate of drug-likeness (QED) is 0.607. The summed E-state index contributed by atoms with van der Waals surface area (Å²) in [6.07, 6.45) is 1.49. The van der Waals surface area contributed by atoms with Crippen LogP contribution in [-0.4, -0.2) is 34.7 Å². The third-order valence-electron chi connectivity index (χ3n) is 2.98. The van der Waals surface area contributed by atoms with Gasteiger partial charge < -0.3 is 4.57 Å². The molecule has 0 aliphatic heterocycles. The van der Waals surface area contributed by atoms with E-state index >= 15 is 0 Å². The number of rotatable bonds is 7. The Morgan fingerprint density at radius 1 is 1.07 bits per heavy atom. The van der Waals surface area contributed by atoms with Gasteiger partial charge in [-0.2, -0.15) is 0 Å². The standard InChI is InChI=1S/C11H29NSi2/c1-7-12(8-2)13(3)10-9-11-14(4,5)6/h13H,7-11H2,1-6H3. The molecule has 1 unspecified atom stereocenters. The second-order valence-corrected chi connectivity index (χ2v) is 14.2. The summed E-state index contributed by atoms with van der Waals surface area (Å²) in [5, 5.41) is 0. The zero-order valence-electron chi connectivity index (χ0n) is 11.1. The van der Waals surface area contributed by atoms with Crippen molar-refractivity contribution in [2.24, 2.45) is 0 Å². The van der Waals surface area contributed by atoms with Crippen LogP contribution < -0.4 is 0 Å². The van der Waals surface area contributed by atoms with E-state index in [1.54, 1.807) is 0 Å². The topological polar surface area (TPSA) is 3.24 Å².